The van der Waals surface area contributed by atoms with Crippen LogP contribution in [0.2, 0.25) is 5.02 Å². The molecule has 1 aromatic carbocycles. The average molecular weight is 307 g/mol. The highest BCUT2D eigenvalue weighted by Gasteiger charge is 2.31. The second-order valence-electron chi connectivity index (χ2n) is 6.78. The van der Waals surface area contributed by atoms with Gasteiger partial charge in [0.15, 0.2) is 0 Å². The van der Waals surface area contributed by atoms with Crippen LogP contribution in [0.25, 0.3) is 0 Å². The minimum Gasteiger partial charge on any atom is -0.311 e. The molecule has 2 atom stereocenters. The van der Waals surface area contributed by atoms with Crippen molar-refractivity contribution < 1.29 is 0 Å². The van der Waals surface area contributed by atoms with Gasteiger partial charge in [0.2, 0.25) is 0 Å². The summed E-state index contributed by atoms with van der Waals surface area (Å²) >= 11 is 6.33. The first kappa shape index (κ1) is 15.3. The topological polar surface area (TPSA) is 15.3 Å². The van der Waals surface area contributed by atoms with Gasteiger partial charge < -0.3 is 5.32 Å². The summed E-state index contributed by atoms with van der Waals surface area (Å²) in [6, 6.07) is 9.52. The van der Waals surface area contributed by atoms with Gasteiger partial charge in [-0.2, -0.15) is 0 Å². The Hall–Kier alpha value is -0.570. The molecule has 21 heavy (non-hydrogen) atoms. The molecule has 2 fully saturated rings. The van der Waals surface area contributed by atoms with Gasteiger partial charge in [0.05, 0.1) is 0 Å². The minimum atomic E-state index is 0.584. The monoisotopic (exact) mass is 306 g/mol. The van der Waals surface area contributed by atoms with Gasteiger partial charge in [-0.15, -0.1) is 0 Å². The van der Waals surface area contributed by atoms with Crippen LogP contribution in [0.1, 0.15) is 44.6 Å². The number of nitrogens with one attached hydrogen (secondary N) is 1. The van der Waals surface area contributed by atoms with Crippen LogP contribution in [-0.4, -0.2) is 30.1 Å². The van der Waals surface area contributed by atoms with Gasteiger partial charge in [0.1, 0.15) is 0 Å². The first-order valence-electron chi connectivity index (χ1n) is 8.45. The summed E-state index contributed by atoms with van der Waals surface area (Å²) in [7, 11) is 0. The van der Waals surface area contributed by atoms with Crippen LogP contribution in [0.4, 0.5) is 0 Å². The Morgan fingerprint density at radius 3 is 2.71 bits per heavy atom. The van der Waals surface area contributed by atoms with E-state index < -0.39 is 0 Å². The van der Waals surface area contributed by atoms with Crippen molar-refractivity contribution in [3.05, 3.63) is 34.9 Å². The second-order valence-corrected chi connectivity index (χ2v) is 7.19. The molecule has 2 unspecified atom stereocenters. The summed E-state index contributed by atoms with van der Waals surface area (Å²) in [6.07, 6.45) is 7.09. The predicted octanol–water partition coefficient (Wildman–Crippen LogP) is 4.08. The van der Waals surface area contributed by atoms with Gasteiger partial charge in [0, 0.05) is 36.7 Å². The van der Waals surface area contributed by atoms with Crippen molar-refractivity contribution in [2.24, 2.45) is 5.92 Å². The molecule has 116 valence electrons. The SMILES string of the molecule is CC1CNC(C2CCCCC2)CN1Cc1ccccc1Cl. The van der Waals surface area contributed by atoms with Gasteiger partial charge in [-0.3, -0.25) is 4.90 Å². The molecule has 0 amide bonds. The van der Waals surface area contributed by atoms with Crippen LogP contribution < -0.4 is 5.32 Å². The summed E-state index contributed by atoms with van der Waals surface area (Å²) in [5.41, 5.74) is 1.26. The molecule has 2 aliphatic rings. The lowest BCUT2D eigenvalue weighted by molar-refractivity contribution is 0.0981. The van der Waals surface area contributed by atoms with Crippen molar-refractivity contribution in [2.75, 3.05) is 13.1 Å². The number of rotatable bonds is 3. The quantitative estimate of drug-likeness (QED) is 0.905. The fraction of sp³-hybridized carbons (Fsp3) is 0.667. The van der Waals surface area contributed by atoms with E-state index in [0.29, 0.717) is 12.1 Å². The molecule has 0 spiro atoms. The first-order chi connectivity index (χ1) is 10.2. The fourth-order valence-electron chi connectivity index (χ4n) is 3.87. The Labute approximate surface area is 133 Å². The predicted molar refractivity (Wildman–Crippen MR) is 89.7 cm³/mol. The van der Waals surface area contributed by atoms with E-state index in [1.807, 2.05) is 12.1 Å². The fourth-order valence-corrected chi connectivity index (χ4v) is 4.06. The van der Waals surface area contributed by atoms with Crippen LogP contribution >= 0.6 is 11.6 Å². The summed E-state index contributed by atoms with van der Waals surface area (Å²) in [4.78, 5) is 2.61. The van der Waals surface area contributed by atoms with Crippen LogP contribution in [0.15, 0.2) is 24.3 Å². The lowest BCUT2D eigenvalue weighted by Crippen LogP contribution is -2.57. The van der Waals surface area contributed by atoms with Crippen LogP contribution in [0.5, 0.6) is 0 Å². The van der Waals surface area contributed by atoms with Gasteiger partial charge in [-0.1, -0.05) is 49.1 Å². The molecule has 1 saturated carbocycles. The zero-order valence-corrected chi connectivity index (χ0v) is 13.8. The highest BCUT2D eigenvalue weighted by atomic mass is 35.5. The molecular weight excluding hydrogens is 280 g/mol. The van der Waals surface area contributed by atoms with E-state index in [4.69, 9.17) is 11.6 Å². The molecule has 1 aliphatic carbocycles. The molecule has 1 saturated heterocycles. The highest BCUT2D eigenvalue weighted by molar-refractivity contribution is 6.31. The lowest BCUT2D eigenvalue weighted by atomic mass is 9.82. The zero-order valence-electron chi connectivity index (χ0n) is 13.0. The maximum absolute atomic E-state index is 6.33. The van der Waals surface area contributed by atoms with Crippen LogP contribution in [0, 0.1) is 5.92 Å². The van der Waals surface area contributed by atoms with E-state index >= 15 is 0 Å². The van der Waals surface area contributed by atoms with Crippen molar-refractivity contribution in [2.45, 2.75) is 57.7 Å². The molecule has 1 aliphatic heterocycles. The summed E-state index contributed by atoms with van der Waals surface area (Å²) in [5, 5.41) is 4.69. The van der Waals surface area contributed by atoms with Gasteiger partial charge in [-0.05, 0) is 37.3 Å². The zero-order chi connectivity index (χ0) is 14.7. The normalized spacial score (nSPS) is 28.7. The third-order valence-corrected chi connectivity index (χ3v) is 5.65. The minimum absolute atomic E-state index is 0.584. The third-order valence-electron chi connectivity index (χ3n) is 5.28. The smallest absolute Gasteiger partial charge is 0.0451 e. The molecule has 3 heteroatoms. The molecular formula is C18H27ClN2. The second kappa shape index (κ2) is 7.13. The molecule has 0 bridgehead atoms. The van der Waals surface area contributed by atoms with Gasteiger partial charge >= 0.3 is 0 Å². The van der Waals surface area contributed by atoms with E-state index in [1.165, 1.54) is 37.7 Å². The van der Waals surface area contributed by atoms with E-state index in [2.05, 4.69) is 29.3 Å². The standard InChI is InChI=1S/C18H27ClN2/c1-14-11-20-18(15-7-3-2-4-8-15)13-21(14)12-16-9-5-6-10-17(16)19/h5-6,9-10,14-15,18,20H,2-4,7-8,11-13H2,1H3. The summed E-state index contributed by atoms with van der Waals surface area (Å²) in [5.74, 6) is 0.875. The van der Waals surface area contributed by atoms with Crippen molar-refractivity contribution in [1.82, 2.24) is 10.2 Å². The summed E-state index contributed by atoms with van der Waals surface area (Å²) in [6.45, 7) is 5.56. The molecule has 2 nitrogen and oxygen atoms in total. The average Bonchev–Trinajstić information content (AvgIpc) is 2.52. The Kier molecular flexibility index (Phi) is 5.20. The Morgan fingerprint density at radius 2 is 1.95 bits per heavy atom. The van der Waals surface area contributed by atoms with Crippen molar-refractivity contribution >= 4 is 11.6 Å². The number of hydrogen-bond donors (Lipinski definition) is 1. The number of piperazine rings is 1. The van der Waals surface area contributed by atoms with Gasteiger partial charge in [-0.25, -0.2) is 0 Å². The van der Waals surface area contributed by atoms with Crippen molar-refractivity contribution in [3.63, 3.8) is 0 Å². The van der Waals surface area contributed by atoms with E-state index in [0.717, 1.165) is 30.6 Å². The first-order valence-corrected chi connectivity index (χ1v) is 8.82. The van der Waals surface area contributed by atoms with Gasteiger partial charge in [0.25, 0.3) is 0 Å². The van der Waals surface area contributed by atoms with Crippen molar-refractivity contribution in [3.8, 4) is 0 Å². The Morgan fingerprint density at radius 1 is 1.19 bits per heavy atom. The molecule has 0 aromatic heterocycles. The maximum atomic E-state index is 6.33. The Balaban J connectivity index is 1.64. The maximum Gasteiger partial charge on any atom is 0.0451 e. The highest BCUT2D eigenvalue weighted by Crippen LogP contribution is 2.29. The number of benzene rings is 1. The molecule has 1 N–H and O–H groups in total. The van der Waals surface area contributed by atoms with E-state index in [1.54, 1.807) is 0 Å². The van der Waals surface area contributed by atoms with E-state index in [9.17, 15) is 0 Å². The summed E-state index contributed by atoms with van der Waals surface area (Å²) < 4.78 is 0. The van der Waals surface area contributed by atoms with Crippen LogP contribution in [0.3, 0.4) is 0 Å². The molecule has 1 aromatic rings. The molecule has 0 radical (unpaired) electrons. The van der Waals surface area contributed by atoms with E-state index in [-0.39, 0.29) is 0 Å². The lowest BCUT2D eigenvalue weighted by Gasteiger charge is -2.43. The molecule has 3 rings (SSSR count). The van der Waals surface area contributed by atoms with Crippen LogP contribution in [-0.2, 0) is 6.54 Å². The number of hydrogen-bond acceptors (Lipinski definition) is 2. The number of halogens is 1. The molecule has 1 heterocycles. The number of nitrogens with zero attached hydrogens (tertiary/aromatic N) is 1. The Bertz CT molecular complexity index is 456. The third kappa shape index (κ3) is 3.80. The largest absolute Gasteiger partial charge is 0.311 e. The van der Waals surface area contributed by atoms with Crippen molar-refractivity contribution in [1.29, 1.82) is 0 Å².